The number of piperidine rings is 1. The number of nitrogens with zero attached hydrogens (tertiary/aromatic N) is 1. The summed E-state index contributed by atoms with van der Waals surface area (Å²) in [5.41, 5.74) is 6.05. The summed E-state index contributed by atoms with van der Waals surface area (Å²) in [6.45, 7) is 2.19. The molecular formula is C18H27BClFN2O2. The topological polar surface area (TPSA) is 66.6 Å². The minimum absolute atomic E-state index is 0.0138. The lowest BCUT2D eigenvalue weighted by atomic mass is 9.75. The van der Waals surface area contributed by atoms with Crippen molar-refractivity contribution in [3.8, 4) is 0 Å². The smallest absolute Gasteiger partial charge is 0.323 e. The normalized spacial score (nSPS) is 18.8. The lowest BCUT2D eigenvalue weighted by Crippen LogP contribution is -2.56. The van der Waals surface area contributed by atoms with Gasteiger partial charge in [-0.05, 0) is 56.0 Å². The zero-order valence-corrected chi connectivity index (χ0v) is 15.6. The second-order valence-corrected chi connectivity index (χ2v) is 7.51. The quantitative estimate of drug-likeness (QED) is 0.547. The van der Waals surface area contributed by atoms with Crippen molar-refractivity contribution < 1.29 is 14.3 Å². The number of likely N-dealkylation sites (tertiary alicyclic amines) is 1. The van der Waals surface area contributed by atoms with Gasteiger partial charge in [-0.3, -0.25) is 9.69 Å². The monoisotopic (exact) mass is 368 g/mol. The van der Waals surface area contributed by atoms with Gasteiger partial charge in [0.2, 0.25) is 0 Å². The molecule has 0 aliphatic carbocycles. The Morgan fingerprint density at radius 1 is 1.40 bits per heavy atom. The fourth-order valence-electron chi connectivity index (χ4n) is 3.66. The van der Waals surface area contributed by atoms with Crippen molar-refractivity contribution >= 4 is 25.4 Å². The van der Waals surface area contributed by atoms with Gasteiger partial charge in [-0.25, -0.2) is 4.39 Å². The molecule has 2 rings (SSSR count). The Balaban J connectivity index is 1.92. The molecule has 0 bridgehead atoms. The van der Waals surface area contributed by atoms with Crippen molar-refractivity contribution in [1.82, 2.24) is 4.90 Å². The molecule has 1 aliphatic rings. The Bertz CT molecular complexity index is 596. The molecule has 1 saturated heterocycles. The number of benzene rings is 1. The van der Waals surface area contributed by atoms with Gasteiger partial charge in [0.25, 0.3) is 0 Å². The highest BCUT2D eigenvalue weighted by Gasteiger charge is 2.42. The number of nitrogens with two attached hydrogens (primary N) is 1. The van der Waals surface area contributed by atoms with E-state index in [0.717, 1.165) is 50.7 Å². The van der Waals surface area contributed by atoms with E-state index < -0.39 is 17.3 Å². The van der Waals surface area contributed by atoms with E-state index in [0.29, 0.717) is 13.0 Å². The summed E-state index contributed by atoms with van der Waals surface area (Å²) in [4.78, 5) is 14.0. The van der Waals surface area contributed by atoms with Gasteiger partial charge >= 0.3 is 5.97 Å². The van der Waals surface area contributed by atoms with Gasteiger partial charge in [-0.2, -0.15) is 0 Å². The minimum Gasteiger partial charge on any atom is -0.480 e. The van der Waals surface area contributed by atoms with Crippen molar-refractivity contribution in [2.45, 2.75) is 50.5 Å². The lowest BCUT2D eigenvalue weighted by Gasteiger charge is -2.40. The number of rotatable bonds is 8. The second kappa shape index (κ2) is 9.01. The van der Waals surface area contributed by atoms with Crippen LogP contribution in [0.5, 0.6) is 0 Å². The van der Waals surface area contributed by atoms with Crippen LogP contribution in [-0.2, 0) is 11.3 Å². The Morgan fingerprint density at radius 2 is 2.08 bits per heavy atom. The first-order valence-electron chi connectivity index (χ1n) is 9.05. The van der Waals surface area contributed by atoms with Crippen LogP contribution in [0.15, 0.2) is 18.2 Å². The highest BCUT2D eigenvalue weighted by molar-refractivity contribution is 6.30. The highest BCUT2D eigenvalue weighted by atomic mass is 35.5. The summed E-state index contributed by atoms with van der Waals surface area (Å²) in [6.07, 6.45) is 4.95. The van der Waals surface area contributed by atoms with Crippen LogP contribution in [0.1, 0.15) is 37.7 Å². The Kier molecular flexibility index (Phi) is 7.29. The van der Waals surface area contributed by atoms with Crippen LogP contribution in [0.3, 0.4) is 0 Å². The molecule has 25 heavy (non-hydrogen) atoms. The maximum absolute atomic E-state index is 13.6. The van der Waals surface area contributed by atoms with Crippen molar-refractivity contribution in [2.75, 3.05) is 13.1 Å². The molecule has 0 spiro atoms. The zero-order chi connectivity index (χ0) is 18.4. The largest absolute Gasteiger partial charge is 0.480 e. The Hall–Kier alpha value is -1.11. The van der Waals surface area contributed by atoms with E-state index in [2.05, 4.69) is 12.7 Å². The molecule has 1 aromatic carbocycles. The molecule has 0 aromatic heterocycles. The maximum Gasteiger partial charge on any atom is 0.323 e. The molecule has 1 aliphatic heterocycles. The van der Waals surface area contributed by atoms with E-state index in [-0.39, 0.29) is 10.9 Å². The molecular weight excluding hydrogens is 341 g/mol. The van der Waals surface area contributed by atoms with Gasteiger partial charge in [-0.1, -0.05) is 36.8 Å². The van der Waals surface area contributed by atoms with Crippen LogP contribution in [0.25, 0.3) is 0 Å². The maximum atomic E-state index is 13.6. The number of unbranched alkanes of at least 4 members (excludes halogenated alkanes) is 1. The number of aliphatic carboxylic acids is 1. The minimum atomic E-state index is -1.13. The van der Waals surface area contributed by atoms with Crippen molar-refractivity contribution in [2.24, 2.45) is 11.7 Å². The molecule has 0 amide bonds. The predicted molar refractivity (Wildman–Crippen MR) is 101 cm³/mol. The number of halogens is 2. The summed E-state index contributed by atoms with van der Waals surface area (Å²) in [7, 11) is 2.09. The first kappa shape index (κ1) is 20.2. The van der Waals surface area contributed by atoms with Crippen molar-refractivity contribution in [3.63, 3.8) is 0 Å². The molecule has 4 nitrogen and oxygen atoms in total. The molecule has 1 aromatic rings. The average molecular weight is 369 g/mol. The summed E-state index contributed by atoms with van der Waals surface area (Å²) in [6, 6.07) is 4.86. The average Bonchev–Trinajstić information content (AvgIpc) is 2.59. The first-order chi connectivity index (χ1) is 11.9. The van der Waals surface area contributed by atoms with E-state index in [4.69, 9.17) is 17.3 Å². The van der Waals surface area contributed by atoms with Gasteiger partial charge in [0.05, 0.1) is 5.02 Å². The number of hydrogen-bond donors (Lipinski definition) is 2. The fourth-order valence-corrected chi connectivity index (χ4v) is 3.77. The molecule has 7 heteroatoms. The fraction of sp³-hybridized carbons (Fsp3) is 0.611. The first-order valence-corrected chi connectivity index (χ1v) is 9.43. The second-order valence-electron chi connectivity index (χ2n) is 7.10. The van der Waals surface area contributed by atoms with Gasteiger partial charge in [0.1, 0.15) is 19.2 Å². The summed E-state index contributed by atoms with van der Waals surface area (Å²) in [5, 5.41) is 9.78. The van der Waals surface area contributed by atoms with Gasteiger partial charge in [-0.15, -0.1) is 0 Å². The molecule has 1 fully saturated rings. The Morgan fingerprint density at radius 3 is 2.64 bits per heavy atom. The third-order valence-electron chi connectivity index (χ3n) is 5.30. The van der Waals surface area contributed by atoms with Crippen LogP contribution < -0.4 is 5.73 Å². The summed E-state index contributed by atoms with van der Waals surface area (Å²) < 4.78 is 13.6. The highest BCUT2D eigenvalue weighted by Crippen LogP contribution is 2.32. The SMILES string of the molecule is BCCCCC(N)(C(=O)O)C1CCN(Cc2ccc(Cl)c(F)c2)CC1. The van der Waals surface area contributed by atoms with Gasteiger partial charge < -0.3 is 10.8 Å². The van der Waals surface area contributed by atoms with E-state index in [1.54, 1.807) is 6.07 Å². The lowest BCUT2D eigenvalue weighted by molar-refractivity contribution is -0.147. The predicted octanol–water partition coefficient (Wildman–Crippen LogP) is 2.69. The third kappa shape index (κ3) is 5.19. The Labute approximate surface area is 154 Å². The van der Waals surface area contributed by atoms with E-state index in [1.807, 2.05) is 6.07 Å². The molecule has 0 radical (unpaired) electrons. The molecule has 1 atom stereocenters. The van der Waals surface area contributed by atoms with Crippen LogP contribution >= 0.6 is 11.6 Å². The number of carboxylic acid groups (broad SMARTS) is 1. The molecule has 3 N–H and O–H groups in total. The third-order valence-corrected chi connectivity index (χ3v) is 5.60. The summed E-state index contributed by atoms with van der Waals surface area (Å²) >= 11 is 5.72. The van der Waals surface area contributed by atoms with E-state index >= 15 is 0 Å². The number of carboxylic acids is 1. The van der Waals surface area contributed by atoms with Gasteiger partial charge in [0, 0.05) is 6.54 Å². The molecule has 1 heterocycles. The van der Waals surface area contributed by atoms with E-state index in [9.17, 15) is 14.3 Å². The van der Waals surface area contributed by atoms with Crippen LogP contribution in [0.2, 0.25) is 11.3 Å². The van der Waals surface area contributed by atoms with Crippen molar-refractivity contribution in [3.05, 3.63) is 34.6 Å². The summed E-state index contributed by atoms with van der Waals surface area (Å²) in [5.74, 6) is -1.31. The molecule has 1 unspecified atom stereocenters. The molecule has 138 valence electrons. The van der Waals surface area contributed by atoms with E-state index in [1.165, 1.54) is 6.07 Å². The standard InChI is InChI=1S/C18H27BClFN2O2/c19-8-2-1-7-18(22,17(24)25)14-5-9-23(10-6-14)12-13-3-4-15(20)16(21)11-13/h3-4,11,14H,1-2,5-10,12,19,22H2,(H,24,25). The van der Waals surface area contributed by atoms with Crippen LogP contribution in [0.4, 0.5) is 4.39 Å². The van der Waals surface area contributed by atoms with Crippen molar-refractivity contribution in [1.29, 1.82) is 0 Å². The number of carbonyl (C=O) groups is 1. The zero-order valence-electron chi connectivity index (χ0n) is 14.8. The van der Waals surface area contributed by atoms with Gasteiger partial charge in [0.15, 0.2) is 0 Å². The molecule has 0 saturated carbocycles. The van der Waals surface area contributed by atoms with Crippen LogP contribution in [0, 0.1) is 11.7 Å². The van der Waals surface area contributed by atoms with Crippen LogP contribution in [-0.4, -0.2) is 42.5 Å². The number of hydrogen-bond acceptors (Lipinski definition) is 3.